The molecule has 0 aliphatic carbocycles. The number of methoxy groups -OCH3 is 1. The van der Waals surface area contributed by atoms with Crippen LogP contribution in [0.2, 0.25) is 16.6 Å². The predicted molar refractivity (Wildman–Crippen MR) is 133 cm³/mol. The fraction of sp³-hybridized carbons (Fsp3) is 0.680. The summed E-state index contributed by atoms with van der Waals surface area (Å²) >= 11 is 0. The van der Waals surface area contributed by atoms with Crippen molar-refractivity contribution in [3.63, 3.8) is 0 Å². The van der Waals surface area contributed by atoms with Crippen molar-refractivity contribution in [3.8, 4) is 17.2 Å². The second-order valence-corrected chi connectivity index (χ2v) is 16.1. The van der Waals surface area contributed by atoms with Gasteiger partial charge in [-0.05, 0) is 56.5 Å². The van der Waals surface area contributed by atoms with Gasteiger partial charge in [0.2, 0.25) is 0 Å². The molecule has 6 heteroatoms. The predicted octanol–water partition coefficient (Wildman–Crippen LogP) is 5.54. The van der Waals surface area contributed by atoms with E-state index in [-0.39, 0.29) is 6.79 Å². The topological polar surface area (TPSA) is 36.9 Å². The molecule has 1 aromatic carbocycles. The molecule has 1 saturated heterocycles. The molecule has 2 rings (SSSR count). The van der Waals surface area contributed by atoms with Crippen LogP contribution >= 0.6 is 0 Å². The summed E-state index contributed by atoms with van der Waals surface area (Å²) in [4.78, 5) is 0. The van der Waals surface area contributed by atoms with Crippen LogP contribution in [0.3, 0.4) is 0 Å². The van der Waals surface area contributed by atoms with E-state index in [2.05, 4.69) is 80.7 Å². The lowest BCUT2D eigenvalue weighted by Crippen LogP contribution is -2.43. The van der Waals surface area contributed by atoms with E-state index >= 15 is 0 Å². The van der Waals surface area contributed by atoms with Crippen molar-refractivity contribution in [2.75, 3.05) is 13.9 Å². The summed E-state index contributed by atoms with van der Waals surface area (Å²) in [7, 11) is -0.681. The highest BCUT2D eigenvalue weighted by Crippen LogP contribution is 2.41. The Morgan fingerprint density at radius 3 is 1.90 bits per heavy atom. The van der Waals surface area contributed by atoms with E-state index in [0.29, 0.717) is 22.4 Å². The Labute approximate surface area is 191 Å². The minimum absolute atomic E-state index is 0.159. The van der Waals surface area contributed by atoms with Gasteiger partial charge in [0.1, 0.15) is 13.8 Å². The highest BCUT2D eigenvalue weighted by Gasteiger charge is 2.52. The zero-order valence-electron chi connectivity index (χ0n) is 21.4. The summed E-state index contributed by atoms with van der Waals surface area (Å²) < 4.78 is 23.6. The number of hydrogen-bond acceptors (Lipinski definition) is 4. The molecular weight excluding hydrogens is 403 g/mol. The summed E-state index contributed by atoms with van der Waals surface area (Å²) in [6, 6.07) is 6.06. The second kappa shape index (κ2) is 9.70. The molecule has 0 saturated carbocycles. The molecule has 1 aliphatic heterocycles. The fourth-order valence-electron chi connectivity index (χ4n) is 4.64. The summed E-state index contributed by atoms with van der Waals surface area (Å²) in [6.45, 7) is 22.3. The van der Waals surface area contributed by atoms with Gasteiger partial charge in [0, 0.05) is 18.1 Å². The molecule has 0 N–H and O–H groups in total. The van der Waals surface area contributed by atoms with Gasteiger partial charge in [0.25, 0.3) is 0 Å². The lowest BCUT2D eigenvalue weighted by atomic mass is 9.78. The van der Waals surface area contributed by atoms with Gasteiger partial charge in [-0.2, -0.15) is 0 Å². The Morgan fingerprint density at radius 1 is 0.935 bits per heavy atom. The molecule has 0 spiro atoms. The Bertz CT molecular complexity index is 783. The average Bonchev–Trinajstić information content (AvgIpc) is 2.86. The zero-order chi connectivity index (χ0) is 23.6. The minimum atomic E-state index is -1.81. The van der Waals surface area contributed by atoms with E-state index in [4.69, 9.17) is 18.8 Å². The number of hydrogen-bond donors (Lipinski definition) is 0. The van der Waals surface area contributed by atoms with Gasteiger partial charge in [-0.15, -0.1) is 5.54 Å². The van der Waals surface area contributed by atoms with Crippen LogP contribution in [0.15, 0.2) is 18.2 Å². The summed E-state index contributed by atoms with van der Waals surface area (Å²) in [6.07, 6.45) is 0. The third-order valence-corrected chi connectivity index (χ3v) is 13.4. The summed E-state index contributed by atoms with van der Waals surface area (Å²) in [5, 5.41) is 0. The smallest absolute Gasteiger partial charge is 0.468 e. The average molecular weight is 444 g/mol. The third kappa shape index (κ3) is 5.22. The van der Waals surface area contributed by atoms with Gasteiger partial charge in [0.15, 0.2) is 6.79 Å². The fourth-order valence-corrected chi connectivity index (χ4v) is 9.86. The SMILES string of the molecule is COCOc1cc(C#C[Si](C(C)C)(C(C)C)C(C)C)ccc1B1OC(C)(C)C(C)(C)O1. The van der Waals surface area contributed by atoms with Gasteiger partial charge in [-0.25, -0.2) is 0 Å². The van der Waals surface area contributed by atoms with E-state index in [1.165, 1.54) is 0 Å². The van der Waals surface area contributed by atoms with Crippen molar-refractivity contribution in [2.24, 2.45) is 0 Å². The molecular formula is C25H41BO4Si. The van der Waals surface area contributed by atoms with E-state index in [9.17, 15) is 0 Å². The number of rotatable bonds is 7. The van der Waals surface area contributed by atoms with Crippen LogP contribution in [0.1, 0.15) is 74.8 Å². The van der Waals surface area contributed by atoms with Gasteiger partial charge in [0.05, 0.1) is 11.2 Å². The van der Waals surface area contributed by atoms with Crippen LogP contribution < -0.4 is 10.2 Å². The van der Waals surface area contributed by atoms with Crippen molar-refractivity contribution in [3.05, 3.63) is 23.8 Å². The molecule has 1 aromatic rings. The Kier molecular flexibility index (Phi) is 8.14. The van der Waals surface area contributed by atoms with Gasteiger partial charge in [-0.3, -0.25) is 0 Å². The standard InChI is InChI=1S/C25H41BO4Si/c1-18(2)31(19(3)4,20(5)6)15-14-21-12-13-22(23(16-21)28-17-27-11)26-29-24(7,8)25(9,10)30-26/h12-13,16,18-20H,17H2,1-11H3. The second-order valence-electron chi connectivity index (χ2n) is 10.5. The van der Waals surface area contributed by atoms with Crippen molar-refractivity contribution in [2.45, 2.75) is 97.1 Å². The zero-order valence-corrected chi connectivity index (χ0v) is 22.4. The maximum atomic E-state index is 6.25. The first kappa shape index (κ1) is 26.0. The molecule has 172 valence electrons. The van der Waals surface area contributed by atoms with Crippen LogP contribution in [-0.2, 0) is 14.0 Å². The quantitative estimate of drug-likeness (QED) is 0.314. The molecule has 0 unspecified atom stereocenters. The molecule has 4 nitrogen and oxygen atoms in total. The lowest BCUT2D eigenvalue weighted by Gasteiger charge is -2.38. The Balaban J connectivity index is 2.47. The van der Waals surface area contributed by atoms with Crippen molar-refractivity contribution >= 4 is 20.7 Å². The maximum Gasteiger partial charge on any atom is 0.498 e. The molecule has 0 radical (unpaired) electrons. The van der Waals surface area contributed by atoms with E-state index in [0.717, 1.165) is 11.0 Å². The van der Waals surface area contributed by atoms with E-state index < -0.39 is 26.4 Å². The molecule has 0 amide bonds. The van der Waals surface area contributed by atoms with Crippen LogP contribution in [0.4, 0.5) is 0 Å². The highest BCUT2D eigenvalue weighted by molar-refractivity contribution is 6.90. The maximum absolute atomic E-state index is 6.25. The normalized spacial score (nSPS) is 17.9. The molecule has 31 heavy (non-hydrogen) atoms. The highest BCUT2D eigenvalue weighted by atomic mass is 28.3. The first-order chi connectivity index (χ1) is 14.3. The molecule has 0 atom stereocenters. The number of benzene rings is 1. The van der Waals surface area contributed by atoms with Crippen LogP contribution in [-0.4, -0.2) is 40.3 Å². The first-order valence-electron chi connectivity index (χ1n) is 11.4. The molecule has 1 heterocycles. The third-order valence-electron chi connectivity index (χ3n) is 7.14. The van der Waals surface area contributed by atoms with Crippen molar-refractivity contribution < 1.29 is 18.8 Å². The number of ether oxygens (including phenoxy) is 2. The first-order valence-corrected chi connectivity index (χ1v) is 13.7. The van der Waals surface area contributed by atoms with Gasteiger partial charge >= 0.3 is 7.12 Å². The molecule has 1 aliphatic rings. The largest absolute Gasteiger partial charge is 0.498 e. The van der Waals surface area contributed by atoms with Gasteiger partial charge in [-0.1, -0.05) is 53.5 Å². The van der Waals surface area contributed by atoms with Crippen LogP contribution in [0.5, 0.6) is 5.75 Å². The molecule has 0 aromatic heterocycles. The van der Waals surface area contributed by atoms with Crippen LogP contribution in [0.25, 0.3) is 0 Å². The summed E-state index contributed by atoms with van der Waals surface area (Å²) in [5.41, 5.74) is 6.55. The minimum Gasteiger partial charge on any atom is -0.468 e. The molecule has 0 bridgehead atoms. The van der Waals surface area contributed by atoms with E-state index in [1.54, 1.807) is 7.11 Å². The summed E-state index contributed by atoms with van der Waals surface area (Å²) in [5.74, 6) is 4.20. The van der Waals surface area contributed by atoms with Crippen molar-refractivity contribution in [1.29, 1.82) is 0 Å². The molecule has 1 fully saturated rings. The van der Waals surface area contributed by atoms with Crippen molar-refractivity contribution in [1.82, 2.24) is 0 Å². The van der Waals surface area contributed by atoms with Gasteiger partial charge < -0.3 is 18.8 Å². The van der Waals surface area contributed by atoms with Crippen LogP contribution in [0, 0.1) is 11.5 Å². The monoisotopic (exact) mass is 444 g/mol. The lowest BCUT2D eigenvalue weighted by molar-refractivity contribution is 0.00578. The Morgan fingerprint density at radius 2 is 1.45 bits per heavy atom. The van der Waals surface area contributed by atoms with E-state index in [1.807, 2.05) is 18.2 Å². The Hall–Kier alpha value is -1.26.